The van der Waals surface area contributed by atoms with Crippen LogP contribution in [0.25, 0.3) is 0 Å². The van der Waals surface area contributed by atoms with E-state index >= 15 is 0 Å². The molecule has 5 rings (SSSR count). The molecule has 208 valence electrons. The molecule has 3 fully saturated rings. The van der Waals surface area contributed by atoms with E-state index in [0.717, 1.165) is 62.8 Å². The van der Waals surface area contributed by atoms with Crippen molar-refractivity contribution in [1.82, 2.24) is 19.2 Å². The molecule has 0 aliphatic carbocycles. The standard InChI is InChI=1S/C29H44N6O2S/c1-29(2,3)23-8-10-26(11-9-23)38(36,37)35-20-14-25(15-21-35)34-19-13-24(22-34)31-28-30-16-12-27(32-28)33-17-6-4-5-7-18-33/h8-12,16,24-25H,4-7,13-15,17-22H2,1-3H3,(H,30,31,32). The van der Waals surface area contributed by atoms with Crippen LogP contribution in [0.4, 0.5) is 11.8 Å². The second-order valence-corrected chi connectivity index (χ2v) is 14.1. The molecule has 1 unspecified atom stereocenters. The SMILES string of the molecule is CC(C)(C)c1ccc(S(=O)(=O)N2CCC(N3CCC(Nc4nccc(N5CCCCCC5)n4)C3)CC2)cc1. The van der Waals surface area contributed by atoms with Gasteiger partial charge in [0, 0.05) is 57.5 Å². The fourth-order valence-electron chi connectivity index (χ4n) is 6.04. The third kappa shape index (κ3) is 6.32. The maximum atomic E-state index is 13.3. The largest absolute Gasteiger partial charge is 0.356 e. The van der Waals surface area contributed by atoms with Crippen molar-refractivity contribution in [2.45, 2.75) is 88.1 Å². The Hall–Kier alpha value is -2.23. The average molecular weight is 541 g/mol. The average Bonchev–Trinajstić information content (AvgIpc) is 3.20. The van der Waals surface area contributed by atoms with Crippen LogP contribution in [0, 0.1) is 0 Å². The Morgan fingerprint density at radius 3 is 2.21 bits per heavy atom. The molecule has 38 heavy (non-hydrogen) atoms. The lowest BCUT2D eigenvalue weighted by atomic mass is 9.87. The maximum Gasteiger partial charge on any atom is 0.243 e. The Labute approximate surface area is 228 Å². The molecule has 9 heteroatoms. The monoisotopic (exact) mass is 540 g/mol. The van der Waals surface area contributed by atoms with Crippen LogP contribution >= 0.6 is 0 Å². The fourth-order valence-corrected chi connectivity index (χ4v) is 7.51. The molecule has 1 atom stereocenters. The molecular formula is C29H44N6O2S. The molecule has 0 saturated carbocycles. The van der Waals surface area contributed by atoms with Crippen LogP contribution < -0.4 is 10.2 Å². The number of benzene rings is 1. The van der Waals surface area contributed by atoms with E-state index in [1.165, 1.54) is 25.7 Å². The second-order valence-electron chi connectivity index (χ2n) is 12.2. The molecule has 3 aliphatic heterocycles. The van der Waals surface area contributed by atoms with Crippen LogP contribution in [0.1, 0.15) is 71.3 Å². The highest BCUT2D eigenvalue weighted by Gasteiger charge is 2.35. The molecule has 3 aliphatic rings. The lowest BCUT2D eigenvalue weighted by Gasteiger charge is -2.36. The summed E-state index contributed by atoms with van der Waals surface area (Å²) in [5.74, 6) is 1.75. The van der Waals surface area contributed by atoms with E-state index in [0.29, 0.717) is 30.1 Å². The van der Waals surface area contributed by atoms with Crippen LogP contribution in [-0.2, 0) is 15.4 Å². The van der Waals surface area contributed by atoms with Crippen LogP contribution in [0.2, 0.25) is 0 Å². The summed E-state index contributed by atoms with van der Waals surface area (Å²) in [4.78, 5) is 14.7. The Balaban J connectivity index is 1.13. The van der Waals surface area contributed by atoms with Crippen molar-refractivity contribution >= 4 is 21.8 Å². The summed E-state index contributed by atoms with van der Waals surface area (Å²) in [6, 6.07) is 10.2. The number of sulfonamides is 1. The quantitative estimate of drug-likeness (QED) is 0.578. The molecule has 4 heterocycles. The predicted molar refractivity (Wildman–Crippen MR) is 153 cm³/mol. The number of likely N-dealkylation sites (tertiary alicyclic amines) is 1. The molecule has 3 saturated heterocycles. The van der Waals surface area contributed by atoms with Gasteiger partial charge < -0.3 is 10.2 Å². The van der Waals surface area contributed by atoms with E-state index in [9.17, 15) is 8.42 Å². The van der Waals surface area contributed by atoms with Crippen molar-refractivity contribution in [2.24, 2.45) is 0 Å². The van der Waals surface area contributed by atoms with Crippen LogP contribution in [0.15, 0.2) is 41.4 Å². The van der Waals surface area contributed by atoms with Crippen molar-refractivity contribution in [3.63, 3.8) is 0 Å². The zero-order valence-corrected chi connectivity index (χ0v) is 24.1. The highest BCUT2D eigenvalue weighted by Crippen LogP contribution is 2.28. The highest BCUT2D eigenvalue weighted by atomic mass is 32.2. The van der Waals surface area contributed by atoms with Gasteiger partial charge in [-0.2, -0.15) is 9.29 Å². The summed E-state index contributed by atoms with van der Waals surface area (Å²) in [7, 11) is -3.46. The minimum atomic E-state index is -3.46. The van der Waals surface area contributed by atoms with Gasteiger partial charge in [0.05, 0.1) is 4.90 Å². The molecule has 1 aromatic heterocycles. The van der Waals surface area contributed by atoms with Gasteiger partial charge in [-0.1, -0.05) is 45.7 Å². The van der Waals surface area contributed by atoms with Gasteiger partial charge in [0.15, 0.2) is 0 Å². The molecule has 1 N–H and O–H groups in total. The zero-order chi connectivity index (χ0) is 26.8. The van der Waals surface area contributed by atoms with Gasteiger partial charge >= 0.3 is 0 Å². The first-order chi connectivity index (χ1) is 18.2. The van der Waals surface area contributed by atoms with E-state index < -0.39 is 10.0 Å². The third-order valence-electron chi connectivity index (χ3n) is 8.42. The highest BCUT2D eigenvalue weighted by molar-refractivity contribution is 7.89. The molecule has 8 nitrogen and oxygen atoms in total. The molecule has 2 aromatic rings. The molecular weight excluding hydrogens is 496 g/mol. The molecule has 1 aromatic carbocycles. The topological polar surface area (TPSA) is 81.7 Å². The molecule has 0 radical (unpaired) electrons. The first-order valence-corrected chi connectivity index (χ1v) is 15.8. The molecule has 0 spiro atoms. The van der Waals surface area contributed by atoms with E-state index in [4.69, 9.17) is 4.98 Å². The summed E-state index contributed by atoms with van der Waals surface area (Å²) in [5, 5.41) is 3.58. The van der Waals surface area contributed by atoms with Gasteiger partial charge in [-0.15, -0.1) is 0 Å². The van der Waals surface area contributed by atoms with Crippen molar-refractivity contribution < 1.29 is 8.42 Å². The fraction of sp³-hybridized carbons (Fsp3) is 0.655. The first kappa shape index (κ1) is 27.3. The number of nitrogens with one attached hydrogen (secondary N) is 1. The Morgan fingerprint density at radius 2 is 1.55 bits per heavy atom. The van der Waals surface area contributed by atoms with Gasteiger partial charge in [0.1, 0.15) is 5.82 Å². The summed E-state index contributed by atoms with van der Waals surface area (Å²) < 4.78 is 28.2. The van der Waals surface area contributed by atoms with Gasteiger partial charge in [0.2, 0.25) is 16.0 Å². The van der Waals surface area contributed by atoms with Gasteiger partial charge in [0.25, 0.3) is 0 Å². The zero-order valence-electron chi connectivity index (χ0n) is 23.3. The van der Waals surface area contributed by atoms with E-state index in [1.54, 1.807) is 16.4 Å². The first-order valence-electron chi connectivity index (χ1n) is 14.4. The summed E-state index contributed by atoms with van der Waals surface area (Å²) in [6.07, 6.45) is 9.73. The van der Waals surface area contributed by atoms with Gasteiger partial charge in [-0.25, -0.2) is 13.4 Å². The van der Waals surface area contributed by atoms with E-state index in [2.05, 4.69) is 40.9 Å². The van der Waals surface area contributed by atoms with Crippen molar-refractivity contribution in [1.29, 1.82) is 0 Å². The van der Waals surface area contributed by atoms with Gasteiger partial charge in [-0.3, -0.25) is 4.90 Å². The number of hydrogen-bond donors (Lipinski definition) is 1. The Bertz CT molecular complexity index is 1160. The Morgan fingerprint density at radius 1 is 0.868 bits per heavy atom. The third-order valence-corrected chi connectivity index (χ3v) is 10.3. The van der Waals surface area contributed by atoms with Crippen molar-refractivity contribution in [3.8, 4) is 0 Å². The molecule has 0 amide bonds. The van der Waals surface area contributed by atoms with E-state index in [-0.39, 0.29) is 5.41 Å². The number of anilines is 2. The Kier molecular flexibility index (Phi) is 8.26. The van der Waals surface area contributed by atoms with Crippen LogP contribution in [0.3, 0.4) is 0 Å². The predicted octanol–water partition coefficient (Wildman–Crippen LogP) is 4.49. The van der Waals surface area contributed by atoms with Crippen molar-refractivity contribution in [2.75, 3.05) is 49.5 Å². The summed E-state index contributed by atoms with van der Waals surface area (Å²) in [5.41, 5.74) is 1.15. The number of rotatable bonds is 6. The smallest absolute Gasteiger partial charge is 0.243 e. The lowest BCUT2D eigenvalue weighted by Crippen LogP contribution is -2.46. The van der Waals surface area contributed by atoms with Crippen LogP contribution in [-0.4, -0.2) is 78.9 Å². The minimum absolute atomic E-state index is 0.00471. The minimum Gasteiger partial charge on any atom is -0.356 e. The number of aromatic nitrogens is 2. The summed E-state index contributed by atoms with van der Waals surface area (Å²) in [6.45, 7) is 11.7. The maximum absolute atomic E-state index is 13.3. The second kappa shape index (κ2) is 11.5. The summed E-state index contributed by atoms with van der Waals surface area (Å²) >= 11 is 0. The van der Waals surface area contributed by atoms with Crippen LogP contribution in [0.5, 0.6) is 0 Å². The number of nitrogens with zero attached hydrogens (tertiary/aromatic N) is 5. The molecule has 0 bridgehead atoms. The lowest BCUT2D eigenvalue weighted by molar-refractivity contribution is 0.167. The van der Waals surface area contributed by atoms with E-state index in [1.807, 2.05) is 24.4 Å². The van der Waals surface area contributed by atoms with Gasteiger partial charge in [-0.05, 0) is 61.3 Å². The normalized spacial score (nSPS) is 22.9. The number of hydrogen-bond acceptors (Lipinski definition) is 7. The van der Waals surface area contributed by atoms with Crippen molar-refractivity contribution in [3.05, 3.63) is 42.1 Å². The number of piperidine rings is 1.